The van der Waals surface area contributed by atoms with Crippen LogP contribution in [0.3, 0.4) is 0 Å². The Hall–Kier alpha value is -1.07. The van der Waals surface area contributed by atoms with Gasteiger partial charge in [-0.2, -0.15) is 0 Å². The summed E-state index contributed by atoms with van der Waals surface area (Å²) < 4.78 is 23.0. The predicted octanol–water partition coefficient (Wildman–Crippen LogP) is 1.67. The second-order valence-electron chi connectivity index (χ2n) is 5.94. The molecule has 1 N–H and O–H groups in total. The second-order valence-corrected chi connectivity index (χ2v) is 8.13. The Morgan fingerprint density at radius 3 is 2.50 bits per heavy atom. The average molecular weight is 296 g/mol. The van der Waals surface area contributed by atoms with Gasteiger partial charge in [0, 0.05) is 38.6 Å². The Kier molecular flexibility index (Phi) is 4.70. The number of hydrogen-bond acceptors (Lipinski definition) is 4. The molecule has 5 heteroatoms. The maximum atomic E-state index is 11.5. The van der Waals surface area contributed by atoms with Gasteiger partial charge in [-0.3, -0.25) is 0 Å². The molecule has 1 atom stereocenters. The van der Waals surface area contributed by atoms with Crippen molar-refractivity contribution >= 4 is 15.5 Å². The molecule has 1 aromatic rings. The SMILES string of the molecule is CN(C)c1ccccc1CNC(CS(C)(=O)=O)C1CC1. The highest BCUT2D eigenvalue weighted by atomic mass is 32.2. The topological polar surface area (TPSA) is 49.4 Å². The van der Waals surface area contributed by atoms with Crippen LogP contribution in [0.15, 0.2) is 24.3 Å². The summed E-state index contributed by atoms with van der Waals surface area (Å²) in [6.45, 7) is 0.713. The van der Waals surface area contributed by atoms with Crippen molar-refractivity contribution in [2.75, 3.05) is 31.0 Å². The maximum Gasteiger partial charge on any atom is 0.148 e. The minimum Gasteiger partial charge on any atom is -0.377 e. The van der Waals surface area contributed by atoms with Crippen molar-refractivity contribution in [3.63, 3.8) is 0 Å². The fourth-order valence-corrected chi connectivity index (χ4v) is 3.57. The van der Waals surface area contributed by atoms with Crippen molar-refractivity contribution in [2.45, 2.75) is 25.4 Å². The van der Waals surface area contributed by atoms with Crippen LogP contribution < -0.4 is 10.2 Å². The van der Waals surface area contributed by atoms with E-state index in [9.17, 15) is 8.42 Å². The van der Waals surface area contributed by atoms with E-state index in [1.807, 2.05) is 26.2 Å². The number of hydrogen-bond donors (Lipinski definition) is 1. The van der Waals surface area contributed by atoms with E-state index in [4.69, 9.17) is 0 Å². The van der Waals surface area contributed by atoms with E-state index in [1.165, 1.54) is 17.5 Å². The lowest BCUT2D eigenvalue weighted by Crippen LogP contribution is -2.37. The third-order valence-corrected chi connectivity index (χ3v) is 4.67. The molecule has 1 aliphatic carbocycles. The van der Waals surface area contributed by atoms with Crippen LogP contribution in [0.2, 0.25) is 0 Å². The summed E-state index contributed by atoms with van der Waals surface area (Å²) in [4.78, 5) is 2.08. The normalized spacial score (nSPS) is 16.9. The molecule has 0 bridgehead atoms. The van der Waals surface area contributed by atoms with Crippen LogP contribution in [0.4, 0.5) is 5.69 Å². The molecule has 1 fully saturated rings. The summed E-state index contributed by atoms with van der Waals surface area (Å²) in [7, 11) is 1.11. The summed E-state index contributed by atoms with van der Waals surface area (Å²) in [5.74, 6) is 0.762. The molecule has 1 aliphatic rings. The summed E-state index contributed by atoms with van der Waals surface area (Å²) in [6.07, 6.45) is 3.60. The first kappa shape index (κ1) is 15.3. The highest BCUT2D eigenvalue weighted by Gasteiger charge is 2.33. The number of anilines is 1. The molecule has 20 heavy (non-hydrogen) atoms. The Balaban J connectivity index is 2.02. The van der Waals surface area contributed by atoms with Gasteiger partial charge in [0.15, 0.2) is 0 Å². The number of benzene rings is 1. The number of nitrogens with zero attached hydrogens (tertiary/aromatic N) is 1. The molecule has 1 aromatic carbocycles. The number of rotatable bonds is 7. The van der Waals surface area contributed by atoms with Crippen LogP contribution in [0.5, 0.6) is 0 Å². The molecular weight excluding hydrogens is 272 g/mol. The average Bonchev–Trinajstić information content (AvgIpc) is 3.17. The number of sulfone groups is 1. The van der Waals surface area contributed by atoms with E-state index in [0.717, 1.165) is 12.8 Å². The van der Waals surface area contributed by atoms with E-state index in [-0.39, 0.29) is 11.8 Å². The Morgan fingerprint density at radius 2 is 1.95 bits per heavy atom. The molecule has 1 unspecified atom stereocenters. The van der Waals surface area contributed by atoms with Gasteiger partial charge in [0.2, 0.25) is 0 Å². The second kappa shape index (κ2) is 6.14. The molecule has 0 saturated heterocycles. The molecular formula is C15H24N2O2S. The minimum atomic E-state index is -2.93. The highest BCUT2D eigenvalue weighted by molar-refractivity contribution is 7.90. The maximum absolute atomic E-state index is 11.5. The predicted molar refractivity (Wildman–Crippen MR) is 83.8 cm³/mol. The van der Waals surface area contributed by atoms with Gasteiger partial charge >= 0.3 is 0 Å². The molecule has 0 radical (unpaired) electrons. The van der Waals surface area contributed by atoms with Crippen molar-refractivity contribution in [1.82, 2.24) is 5.32 Å². The van der Waals surface area contributed by atoms with Crippen molar-refractivity contribution in [3.05, 3.63) is 29.8 Å². The van der Waals surface area contributed by atoms with E-state index in [1.54, 1.807) is 0 Å². The smallest absolute Gasteiger partial charge is 0.148 e. The van der Waals surface area contributed by atoms with Gasteiger partial charge in [-0.15, -0.1) is 0 Å². The van der Waals surface area contributed by atoms with E-state index >= 15 is 0 Å². The van der Waals surface area contributed by atoms with E-state index in [2.05, 4.69) is 22.3 Å². The van der Waals surface area contributed by atoms with Crippen molar-refractivity contribution in [2.24, 2.45) is 5.92 Å². The number of para-hydroxylation sites is 1. The van der Waals surface area contributed by atoms with Crippen molar-refractivity contribution in [3.8, 4) is 0 Å². The van der Waals surface area contributed by atoms with Gasteiger partial charge in [-0.05, 0) is 30.4 Å². The lowest BCUT2D eigenvalue weighted by Gasteiger charge is -2.21. The molecule has 0 spiro atoms. The van der Waals surface area contributed by atoms with E-state index in [0.29, 0.717) is 12.5 Å². The highest BCUT2D eigenvalue weighted by Crippen LogP contribution is 2.33. The zero-order chi connectivity index (χ0) is 14.8. The van der Waals surface area contributed by atoms with Crippen LogP contribution in [-0.4, -0.2) is 40.6 Å². The lowest BCUT2D eigenvalue weighted by molar-refractivity contribution is 0.490. The van der Waals surface area contributed by atoms with Crippen molar-refractivity contribution < 1.29 is 8.42 Å². The Morgan fingerprint density at radius 1 is 1.30 bits per heavy atom. The first-order chi connectivity index (χ1) is 9.37. The van der Waals surface area contributed by atoms with Gasteiger partial charge in [0.25, 0.3) is 0 Å². The quantitative estimate of drug-likeness (QED) is 0.831. The van der Waals surface area contributed by atoms with Crippen LogP contribution in [0.1, 0.15) is 18.4 Å². The summed E-state index contributed by atoms with van der Waals surface area (Å²) in [6, 6.07) is 8.30. The fraction of sp³-hybridized carbons (Fsp3) is 0.600. The third kappa shape index (κ3) is 4.49. The molecule has 4 nitrogen and oxygen atoms in total. The monoisotopic (exact) mass is 296 g/mol. The molecule has 0 amide bonds. The standard InChI is InChI=1S/C15H24N2O2S/c1-17(2)15-7-5-4-6-13(15)10-16-14(12-8-9-12)11-20(3,18)19/h4-7,12,14,16H,8-11H2,1-3H3. The van der Waals surface area contributed by atoms with Gasteiger partial charge in [-0.1, -0.05) is 18.2 Å². The summed E-state index contributed by atoms with van der Waals surface area (Å²) >= 11 is 0. The molecule has 0 heterocycles. The first-order valence-electron chi connectivity index (χ1n) is 7.03. The summed E-state index contributed by atoms with van der Waals surface area (Å²) in [5.41, 5.74) is 2.38. The number of nitrogens with one attached hydrogen (secondary N) is 1. The molecule has 0 aliphatic heterocycles. The van der Waals surface area contributed by atoms with Gasteiger partial charge in [0.1, 0.15) is 9.84 Å². The first-order valence-corrected chi connectivity index (χ1v) is 9.09. The molecule has 2 rings (SSSR count). The van der Waals surface area contributed by atoms with Gasteiger partial charge < -0.3 is 10.2 Å². The zero-order valence-corrected chi connectivity index (χ0v) is 13.3. The Bertz CT molecular complexity index is 551. The fourth-order valence-electron chi connectivity index (χ4n) is 2.52. The van der Waals surface area contributed by atoms with Crippen LogP contribution in [-0.2, 0) is 16.4 Å². The van der Waals surface area contributed by atoms with E-state index < -0.39 is 9.84 Å². The third-order valence-electron chi connectivity index (χ3n) is 3.70. The van der Waals surface area contributed by atoms with Crippen LogP contribution in [0.25, 0.3) is 0 Å². The Labute approximate surface area is 122 Å². The van der Waals surface area contributed by atoms with Crippen molar-refractivity contribution in [1.29, 1.82) is 0 Å². The van der Waals surface area contributed by atoms with Gasteiger partial charge in [0.05, 0.1) is 5.75 Å². The van der Waals surface area contributed by atoms with Crippen LogP contribution in [0, 0.1) is 5.92 Å². The minimum absolute atomic E-state index is 0.0835. The summed E-state index contributed by atoms with van der Waals surface area (Å²) in [5, 5.41) is 3.44. The molecule has 0 aromatic heterocycles. The zero-order valence-electron chi connectivity index (χ0n) is 12.5. The largest absolute Gasteiger partial charge is 0.377 e. The lowest BCUT2D eigenvalue weighted by atomic mass is 10.1. The molecule has 112 valence electrons. The molecule has 1 saturated carbocycles. The van der Waals surface area contributed by atoms with Gasteiger partial charge in [-0.25, -0.2) is 8.42 Å². The van der Waals surface area contributed by atoms with Crippen LogP contribution >= 0.6 is 0 Å².